The standard InChI is InChI=1S/C21H29N5O3/c1-4-7-10-16-15-17(27)18-19(24(16)14-9-8-11-23-22)25(12-5-2)21(29)26(13-6-3)20(18)28/h5-6,15,22H,2-4,7-14H2,1H3. The predicted molar refractivity (Wildman–Crippen MR) is 115 cm³/mol. The number of allylic oxidation sites excluding steroid dienone is 2. The Balaban J connectivity index is 2.90. The summed E-state index contributed by atoms with van der Waals surface area (Å²) in [7, 11) is 0. The molecule has 0 radical (unpaired) electrons. The Morgan fingerprint density at radius 2 is 1.72 bits per heavy atom. The first-order valence-electron chi connectivity index (χ1n) is 9.96. The molecule has 0 atom stereocenters. The second-order valence-electron chi connectivity index (χ2n) is 6.93. The minimum Gasteiger partial charge on any atom is -0.331 e. The third-order valence-corrected chi connectivity index (χ3v) is 4.86. The summed E-state index contributed by atoms with van der Waals surface area (Å²) in [6, 6.07) is 1.52. The molecule has 1 N–H and O–H groups in total. The highest BCUT2D eigenvalue weighted by Crippen LogP contribution is 2.14. The second-order valence-corrected chi connectivity index (χ2v) is 6.93. The third kappa shape index (κ3) is 4.70. The molecule has 29 heavy (non-hydrogen) atoms. The number of rotatable bonds is 12. The first kappa shape index (κ1) is 22.3. The fourth-order valence-electron chi connectivity index (χ4n) is 3.48. The van der Waals surface area contributed by atoms with Gasteiger partial charge < -0.3 is 4.57 Å². The summed E-state index contributed by atoms with van der Waals surface area (Å²) in [6.07, 6.45) is 7.02. The number of nitrogens with zero attached hydrogens (tertiary/aromatic N) is 4. The zero-order chi connectivity index (χ0) is 21.4. The van der Waals surface area contributed by atoms with Crippen LogP contribution in [0.5, 0.6) is 0 Å². The molecule has 8 nitrogen and oxygen atoms in total. The van der Waals surface area contributed by atoms with Gasteiger partial charge in [0.25, 0.3) is 5.56 Å². The van der Waals surface area contributed by atoms with Crippen LogP contribution in [0.2, 0.25) is 0 Å². The number of pyridine rings is 1. The van der Waals surface area contributed by atoms with Gasteiger partial charge in [0, 0.05) is 31.4 Å². The van der Waals surface area contributed by atoms with Gasteiger partial charge in [-0.2, -0.15) is 5.11 Å². The van der Waals surface area contributed by atoms with Gasteiger partial charge in [0.2, 0.25) is 0 Å². The van der Waals surface area contributed by atoms with E-state index in [1.165, 1.54) is 16.7 Å². The van der Waals surface area contributed by atoms with Crippen LogP contribution in [0.1, 0.15) is 38.3 Å². The average Bonchev–Trinajstić information content (AvgIpc) is 2.70. The Bertz CT molecular complexity index is 1070. The lowest BCUT2D eigenvalue weighted by Crippen LogP contribution is -2.43. The van der Waals surface area contributed by atoms with Crippen LogP contribution in [0.25, 0.3) is 11.0 Å². The maximum atomic E-state index is 13.0. The van der Waals surface area contributed by atoms with Crippen LogP contribution in [0.3, 0.4) is 0 Å². The topological polar surface area (TPSA) is 102 Å². The van der Waals surface area contributed by atoms with Crippen molar-refractivity contribution in [2.75, 3.05) is 6.54 Å². The highest BCUT2D eigenvalue weighted by molar-refractivity contribution is 5.75. The summed E-state index contributed by atoms with van der Waals surface area (Å²) >= 11 is 0. The maximum absolute atomic E-state index is 13.0. The van der Waals surface area contributed by atoms with Crippen LogP contribution in [-0.2, 0) is 26.1 Å². The van der Waals surface area contributed by atoms with Crippen LogP contribution in [-0.4, -0.2) is 20.2 Å². The maximum Gasteiger partial charge on any atom is 0.333 e. The summed E-state index contributed by atoms with van der Waals surface area (Å²) in [4.78, 5) is 38.9. The van der Waals surface area contributed by atoms with Crippen molar-refractivity contribution in [3.63, 3.8) is 0 Å². The van der Waals surface area contributed by atoms with Crippen molar-refractivity contribution in [1.82, 2.24) is 13.7 Å². The minimum atomic E-state index is -0.591. The SMILES string of the molecule is C=CCn1c(=O)c2c(=O)cc(CCCC)n(CCCCN=N)c2n(CC=C)c1=O. The minimum absolute atomic E-state index is 0.0127. The number of hydrogen-bond donors (Lipinski definition) is 1. The number of hydrogen-bond acceptors (Lipinski definition) is 5. The van der Waals surface area contributed by atoms with Gasteiger partial charge in [0.05, 0.1) is 6.54 Å². The summed E-state index contributed by atoms with van der Waals surface area (Å²) in [5, 5.41) is 3.39. The van der Waals surface area contributed by atoms with E-state index in [0.717, 1.165) is 29.5 Å². The van der Waals surface area contributed by atoms with Crippen LogP contribution >= 0.6 is 0 Å². The molecule has 0 saturated heterocycles. The summed E-state index contributed by atoms with van der Waals surface area (Å²) in [5.41, 5.74) is 6.67. The van der Waals surface area contributed by atoms with Gasteiger partial charge in [-0.1, -0.05) is 25.5 Å². The zero-order valence-electron chi connectivity index (χ0n) is 17.0. The molecule has 2 heterocycles. The fraction of sp³-hybridized carbons (Fsp3) is 0.476. The van der Waals surface area contributed by atoms with Crippen molar-refractivity contribution in [2.24, 2.45) is 5.11 Å². The van der Waals surface area contributed by atoms with Crippen LogP contribution in [0.4, 0.5) is 0 Å². The Hall–Kier alpha value is -3.03. The van der Waals surface area contributed by atoms with Crippen LogP contribution < -0.4 is 16.7 Å². The van der Waals surface area contributed by atoms with E-state index in [1.807, 2.05) is 4.57 Å². The molecule has 2 rings (SSSR count). The molecule has 0 aromatic carbocycles. The lowest BCUT2D eigenvalue weighted by atomic mass is 10.1. The molecule has 0 saturated carbocycles. The van der Waals surface area contributed by atoms with Gasteiger partial charge >= 0.3 is 5.69 Å². The molecule has 0 aliphatic rings. The van der Waals surface area contributed by atoms with Crippen molar-refractivity contribution >= 4 is 11.0 Å². The molecule has 0 fully saturated rings. The second kappa shape index (κ2) is 10.5. The normalized spacial score (nSPS) is 10.9. The van der Waals surface area contributed by atoms with E-state index in [2.05, 4.69) is 25.2 Å². The number of fused-ring (bicyclic) bond motifs is 1. The van der Waals surface area contributed by atoms with Gasteiger partial charge in [-0.3, -0.25) is 18.7 Å². The van der Waals surface area contributed by atoms with E-state index in [4.69, 9.17) is 5.53 Å². The summed E-state index contributed by atoms with van der Waals surface area (Å²) in [6.45, 7) is 10.6. The molecule has 0 amide bonds. The average molecular weight is 399 g/mol. The molecule has 0 aliphatic carbocycles. The largest absolute Gasteiger partial charge is 0.333 e. The van der Waals surface area contributed by atoms with E-state index in [-0.39, 0.29) is 23.9 Å². The highest BCUT2D eigenvalue weighted by Gasteiger charge is 2.19. The predicted octanol–water partition coefficient (Wildman–Crippen LogP) is 2.85. The Labute approximate surface area is 169 Å². The van der Waals surface area contributed by atoms with E-state index in [0.29, 0.717) is 31.6 Å². The molecule has 8 heteroatoms. The number of aromatic nitrogens is 3. The van der Waals surface area contributed by atoms with Crippen molar-refractivity contribution in [3.8, 4) is 0 Å². The first-order chi connectivity index (χ1) is 14.0. The number of aryl methyl sites for hydroxylation is 2. The number of unbranched alkanes of at least 4 members (excludes halogenated alkanes) is 2. The third-order valence-electron chi connectivity index (χ3n) is 4.86. The lowest BCUT2D eigenvalue weighted by Gasteiger charge is -2.20. The van der Waals surface area contributed by atoms with Crippen LogP contribution in [0.15, 0.2) is 50.9 Å². The highest BCUT2D eigenvalue weighted by atomic mass is 16.2. The fourth-order valence-corrected chi connectivity index (χ4v) is 3.48. The quantitative estimate of drug-likeness (QED) is 0.337. The Morgan fingerprint density at radius 1 is 1.03 bits per heavy atom. The van der Waals surface area contributed by atoms with Gasteiger partial charge in [-0.25, -0.2) is 10.3 Å². The van der Waals surface area contributed by atoms with Crippen molar-refractivity contribution in [2.45, 2.75) is 58.7 Å². The smallest absolute Gasteiger partial charge is 0.331 e. The van der Waals surface area contributed by atoms with E-state index in [9.17, 15) is 14.4 Å². The molecular formula is C21H29N5O3. The van der Waals surface area contributed by atoms with Gasteiger partial charge in [0.1, 0.15) is 11.0 Å². The van der Waals surface area contributed by atoms with E-state index >= 15 is 0 Å². The molecule has 156 valence electrons. The van der Waals surface area contributed by atoms with Gasteiger partial charge in [-0.15, -0.1) is 13.2 Å². The summed E-state index contributed by atoms with van der Waals surface area (Å²) < 4.78 is 4.40. The van der Waals surface area contributed by atoms with E-state index < -0.39 is 11.2 Å². The van der Waals surface area contributed by atoms with Crippen molar-refractivity contribution < 1.29 is 0 Å². The first-order valence-corrected chi connectivity index (χ1v) is 9.96. The molecule has 0 aliphatic heterocycles. The number of nitrogens with one attached hydrogen (secondary N) is 1. The molecule has 0 spiro atoms. The molecule has 2 aromatic heterocycles. The lowest BCUT2D eigenvalue weighted by molar-refractivity contribution is 0.564. The van der Waals surface area contributed by atoms with Gasteiger partial charge in [0.15, 0.2) is 5.43 Å². The van der Waals surface area contributed by atoms with Crippen LogP contribution in [0, 0.1) is 5.53 Å². The van der Waals surface area contributed by atoms with E-state index in [1.54, 1.807) is 6.08 Å². The monoisotopic (exact) mass is 399 g/mol. The Morgan fingerprint density at radius 3 is 2.34 bits per heavy atom. The Kier molecular flexibility index (Phi) is 8.06. The summed E-state index contributed by atoms with van der Waals surface area (Å²) in [5.74, 6) is 0. The molecule has 2 aromatic rings. The molecule has 0 unspecified atom stereocenters. The zero-order valence-corrected chi connectivity index (χ0v) is 17.0. The molecule has 0 bridgehead atoms. The molecular weight excluding hydrogens is 370 g/mol. The van der Waals surface area contributed by atoms with Crippen molar-refractivity contribution in [3.05, 3.63) is 68.1 Å². The van der Waals surface area contributed by atoms with Crippen molar-refractivity contribution in [1.29, 1.82) is 5.53 Å². The van der Waals surface area contributed by atoms with Gasteiger partial charge in [-0.05, 0) is 25.7 Å².